The van der Waals surface area contributed by atoms with Crippen molar-refractivity contribution in [3.63, 3.8) is 0 Å². The minimum absolute atomic E-state index is 0.659. The molecule has 0 radical (unpaired) electrons. The van der Waals surface area contributed by atoms with Crippen LogP contribution in [0.25, 0.3) is 0 Å². The highest BCUT2D eigenvalue weighted by Crippen LogP contribution is 2.28. The normalized spacial score (nSPS) is 29.1. The molecule has 4 atom stereocenters. The zero-order valence-corrected chi connectivity index (χ0v) is 12.7. The minimum Gasteiger partial charge on any atom is -0.314 e. The summed E-state index contributed by atoms with van der Waals surface area (Å²) >= 11 is 0. The SMILES string of the molecule is CC1CCC(NCCC(C)c2ccccc2)C(C)C1. The van der Waals surface area contributed by atoms with E-state index in [4.69, 9.17) is 0 Å². The fraction of sp³-hybridized carbons (Fsp3) is 0.667. The van der Waals surface area contributed by atoms with E-state index in [2.05, 4.69) is 56.4 Å². The molecule has 0 heterocycles. The Labute approximate surface area is 118 Å². The molecule has 1 nitrogen and oxygen atoms in total. The summed E-state index contributed by atoms with van der Waals surface area (Å²) in [5.41, 5.74) is 1.47. The predicted octanol–water partition coefficient (Wildman–Crippen LogP) is 4.59. The van der Waals surface area contributed by atoms with Gasteiger partial charge in [0, 0.05) is 6.04 Å². The molecule has 2 rings (SSSR count). The van der Waals surface area contributed by atoms with Crippen LogP contribution in [0.5, 0.6) is 0 Å². The minimum atomic E-state index is 0.659. The molecule has 1 aliphatic carbocycles. The third-order valence-corrected chi connectivity index (χ3v) is 4.78. The molecule has 0 aromatic heterocycles. The summed E-state index contributed by atoms with van der Waals surface area (Å²) in [6.07, 6.45) is 5.40. The molecule has 106 valence electrons. The van der Waals surface area contributed by atoms with Crippen molar-refractivity contribution in [1.29, 1.82) is 0 Å². The first-order valence-electron chi connectivity index (χ1n) is 7.95. The van der Waals surface area contributed by atoms with Crippen molar-refractivity contribution in [3.05, 3.63) is 35.9 Å². The number of hydrogen-bond acceptors (Lipinski definition) is 1. The third kappa shape index (κ3) is 4.35. The molecule has 1 saturated carbocycles. The van der Waals surface area contributed by atoms with E-state index >= 15 is 0 Å². The maximum atomic E-state index is 3.79. The van der Waals surface area contributed by atoms with Gasteiger partial charge >= 0.3 is 0 Å². The zero-order valence-electron chi connectivity index (χ0n) is 12.7. The second-order valence-electron chi connectivity index (χ2n) is 6.56. The fourth-order valence-electron chi connectivity index (χ4n) is 3.40. The molecule has 1 aromatic carbocycles. The lowest BCUT2D eigenvalue weighted by molar-refractivity contribution is 0.227. The second-order valence-corrected chi connectivity index (χ2v) is 6.56. The first-order chi connectivity index (χ1) is 9.16. The molecule has 1 fully saturated rings. The third-order valence-electron chi connectivity index (χ3n) is 4.78. The monoisotopic (exact) mass is 259 g/mol. The molecule has 1 N–H and O–H groups in total. The van der Waals surface area contributed by atoms with Crippen LogP contribution < -0.4 is 5.32 Å². The maximum absolute atomic E-state index is 3.79. The summed E-state index contributed by atoms with van der Waals surface area (Å²) in [5.74, 6) is 2.43. The van der Waals surface area contributed by atoms with Gasteiger partial charge in [0.25, 0.3) is 0 Å². The first kappa shape index (κ1) is 14.6. The Morgan fingerprint density at radius 1 is 1.16 bits per heavy atom. The van der Waals surface area contributed by atoms with Gasteiger partial charge in [0.15, 0.2) is 0 Å². The summed E-state index contributed by atoms with van der Waals surface area (Å²) < 4.78 is 0. The fourth-order valence-corrected chi connectivity index (χ4v) is 3.40. The lowest BCUT2D eigenvalue weighted by Gasteiger charge is -2.33. The topological polar surface area (TPSA) is 12.0 Å². The van der Waals surface area contributed by atoms with Crippen LogP contribution in [0.2, 0.25) is 0 Å². The smallest absolute Gasteiger partial charge is 0.00928 e. The Balaban J connectivity index is 1.72. The molecule has 4 unspecified atom stereocenters. The molecule has 0 spiro atoms. The summed E-state index contributed by atoms with van der Waals surface area (Å²) in [5, 5.41) is 3.79. The summed E-state index contributed by atoms with van der Waals surface area (Å²) in [7, 11) is 0. The lowest BCUT2D eigenvalue weighted by atomic mass is 9.80. The molecular weight excluding hydrogens is 230 g/mol. The van der Waals surface area contributed by atoms with Crippen molar-refractivity contribution in [2.75, 3.05) is 6.54 Å². The van der Waals surface area contributed by atoms with Crippen molar-refractivity contribution < 1.29 is 0 Å². The van der Waals surface area contributed by atoms with Crippen molar-refractivity contribution in [1.82, 2.24) is 5.32 Å². The van der Waals surface area contributed by atoms with Crippen LogP contribution in [-0.4, -0.2) is 12.6 Å². The van der Waals surface area contributed by atoms with E-state index in [1.165, 1.54) is 31.2 Å². The molecule has 1 aromatic rings. The first-order valence-corrected chi connectivity index (χ1v) is 7.95. The number of benzene rings is 1. The van der Waals surface area contributed by atoms with Gasteiger partial charge in [-0.05, 0) is 55.5 Å². The Hall–Kier alpha value is -0.820. The van der Waals surface area contributed by atoms with Gasteiger partial charge < -0.3 is 5.32 Å². The lowest BCUT2D eigenvalue weighted by Crippen LogP contribution is -2.39. The number of nitrogens with one attached hydrogen (secondary N) is 1. The average Bonchev–Trinajstić information content (AvgIpc) is 2.42. The van der Waals surface area contributed by atoms with Crippen LogP contribution in [0, 0.1) is 11.8 Å². The van der Waals surface area contributed by atoms with Crippen LogP contribution >= 0.6 is 0 Å². The zero-order chi connectivity index (χ0) is 13.7. The van der Waals surface area contributed by atoms with E-state index in [0.29, 0.717) is 5.92 Å². The largest absolute Gasteiger partial charge is 0.314 e. The molecule has 1 heteroatoms. The van der Waals surface area contributed by atoms with Crippen molar-refractivity contribution in [2.24, 2.45) is 11.8 Å². The van der Waals surface area contributed by atoms with Gasteiger partial charge in [0.2, 0.25) is 0 Å². The van der Waals surface area contributed by atoms with Gasteiger partial charge in [-0.15, -0.1) is 0 Å². The molecule has 0 amide bonds. The Kier molecular flexibility index (Phi) is 5.45. The Morgan fingerprint density at radius 3 is 2.58 bits per heavy atom. The van der Waals surface area contributed by atoms with Crippen molar-refractivity contribution in [3.8, 4) is 0 Å². The van der Waals surface area contributed by atoms with E-state index in [1.54, 1.807) is 0 Å². The predicted molar refractivity (Wildman–Crippen MR) is 83.4 cm³/mol. The van der Waals surface area contributed by atoms with E-state index in [0.717, 1.165) is 24.4 Å². The number of hydrogen-bond donors (Lipinski definition) is 1. The highest BCUT2D eigenvalue weighted by atomic mass is 14.9. The Morgan fingerprint density at radius 2 is 1.89 bits per heavy atom. The van der Waals surface area contributed by atoms with Crippen LogP contribution in [-0.2, 0) is 0 Å². The van der Waals surface area contributed by atoms with E-state index in [9.17, 15) is 0 Å². The van der Waals surface area contributed by atoms with Gasteiger partial charge in [0.05, 0.1) is 0 Å². The number of rotatable bonds is 5. The van der Waals surface area contributed by atoms with Gasteiger partial charge in [0.1, 0.15) is 0 Å². The highest BCUT2D eigenvalue weighted by Gasteiger charge is 2.24. The molecule has 0 saturated heterocycles. The van der Waals surface area contributed by atoms with Crippen molar-refractivity contribution in [2.45, 2.75) is 58.4 Å². The molecule has 1 aliphatic rings. The van der Waals surface area contributed by atoms with E-state index in [1.807, 2.05) is 0 Å². The van der Waals surface area contributed by atoms with Gasteiger partial charge in [-0.25, -0.2) is 0 Å². The van der Waals surface area contributed by atoms with E-state index < -0.39 is 0 Å². The van der Waals surface area contributed by atoms with Crippen LogP contribution in [0.4, 0.5) is 0 Å². The average molecular weight is 259 g/mol. The summed E-state index contributed by atoms with van der Waals surface area (Å²) in [6, 6.07) is 11.6. The standard InChI is InChI=1S/C18H29N/c1-14-9-10-18(16(3)13-14)19-12-11-15(2)17-7-5-4-6-8-17/h4-8,14-16,18-19H,9-13H2,1-3H3. The van der Waals surface area contributed by atoms with Crippen molar-refractivity contribution >= 4 is 0 Å². The van der Waals surface area contributed by atoms with Gasteiger partial charge in [-0.1, -0.05) is 51.1 Å². The summed E-state index contributed by atoms with van der Waals surface area (Å²) in [4.78, 5) is 0. The summed E-state index contributed by atoms with van der Waals surface area (Å²) in [6.45, 7) is 8.29. The van der Waals surface area contributed by atoms with Crippen LogP contribution in [0.1, 0.15) is 57.9 Å². The van der Waals surface area contributed by atoms with Crippen LogP contribution in [0.3, 0.4) is 0 Å². The quantitative estimate of drug-likeness (QED) is 0.815. The highest BCUT2D eigenvalue weighted by molar-refractivity contribution is 5.18. The second kappa shape index (κ2) is 7.09. The van der Waals surface area contributed by atoms with Gasteiger partial charge in [-0.2, -0.15) is 0 Å². The molecular formula is C18H29N. The Bertz CT molecular complexity index is 359. The van der Waals surface area contributed by atoms with Crippen LogP contribution in [0.15, 0.2) is 30.3 Å². The molecule has 0 aliphatic heterocycles. The van der Waals surface area contributed by atoms with E-state index in [-0.39, 0.29) is 0 Å². The van der Waals surface area contributed by atoms with Gasteiger partial charge in [-0.3, -0.25) is 0 Å². The molecule has 19 heavy (non-hydrogen) atoms. The maximum Gasteiger partial charge on any atom is 0.00928 e. The molecule has 0 bridgehead atoms.